The van der Waals surface area contributed by atoms with E-state index in [1.807, 2.05) is 0 Å². The Morgan fingerprint density at radius 1 is 1.44 bits per heavy atom. The van der Waals surface area contributed by atoms with E-state index in [-0.39, 0.29) is 18.0 Å². The van der Waals surface area contributed by atoms with Gasteiger partial charge in [0, 0.05) is 11.1 Å². The lowest BCUT2D eigenvalue weighted by Gasteiger charge is -2.17. The average molecular weight is 248 g/mol. The number of hydrogen-bond donors (Lipinski definition) is 2. The van der Waals surface area contributed by atoms with Crippen LogP contribution < -0.4 is 11.1 Å². The van der Waals surface area contributed by atoms with Crippen molar-refractivity contribution in [3.8, 4) is 11.8 Å². The van der Waals surface area contributed by atoms with Crippen molar-refractivity contribution in [2.24, 2.45) is 11.1 Å². The summed E-state index contributed by atoms with van der Waals surface area (Å²) >= 11 is 0. The highest BCUT2D eigenvalue weighted by Crippen LogP contribution is 2.19. The van der Waals surface area contributed by atoms with E-state index in [0.29, 0.717) is 5.69 Å². The van der Waals surface area contributed by atoms with Gasteiger partial charge in [-0.1, -0.05) is 32.6 Å². The minimum atomic E-state index is -0.519. The molecular formula is C14H17FN2O. The van der Waals surface area contributed by atoms with Crippen molar-refractivity contribution in [2.45, 2.75) is 20.8 Å². The van der Waals surface area contributed by atoms with E-state index >= 15 is 0 Å². The van der Waals surface area contributed by atoms with Crippen molar-refractivity contribution in [2.75, 3.05) is 11.9 Å². The molecule has 1 amide bonds. The van der Waals surface area contributed by atoms with Crippen molar-refractivity contribution in [1.29, 1.82) is 0 Å². The number of carbonyl (C=O) groups excluding carboxylic acids is 1. The molecule has 0 aliphatic carbocycles. The van der Waals surface area contributed by atoms with Gasteiger partial charge in [0.2, 0.25) is 5.91 Å². The Kier molecular flexibility index (Phi) is 4.46. The third kappa shape index (κ3) is 3.86. The summed E-state index contributed by atoms with van der Waals surface area (Å²) in [6.45, 7) is 5.56. The number of nitrogens with one attached hydrogen (secondary N) is 1. The predicted molar refractivity (Wildman–Crippen MR) is 70.4 cm³/mol. The topological polar surface area (TPSA) is 55.1 Å². The minimum absolute atomic E-state index is 0.164. The first-order valence-electron chi connectivity index (χ1n) is 5.64. The molecule has 1 aromatic rings. The predicted octanol–water partition coefficient (Wildman–Crippen LogP) is 2.12. The first-order valence-corrected chi connectivity index (χ1v) is 5.64. The summed E-state index contributed by atoms with van der Waals surface area (Å²) in [5.41, 5.74) is 5.39. The Balaban J connectivity index is 2.89. The van der Waals surface area contributed by atoms with Crippen molar-refractivity contribution in [3.63, 3.8) is 0 Å². The zero-order chi connectivity index (χ0) is 13.8. The molecule has 0 aliphatic heterocycles. The fourth-order valence-corrected chi connectivity index (χ4v) is 1.16. The van der Waals surface area contributed by atoms with Gasteiger partial charge in [-0.3, -0.25) is 4.79 Å². The highest BCUT2D eigenvalue weighted by Gasteiger charge is 2.21. The van der Waals surface area contributed by atoms with Crippen molar-refractivity contribution < 1.29 is 9.18 Å². The van der Waals surface area contributed by atoms with Crippen LogP contribution in [0.1, 0.15) is 26.3 Å². The molecule has 0 aliphatic rings. The molecule has 1 rings (SSSR count). The van der Waals surface area contributed by atoms with Crippen LogP contribution in [0.3, 0.4) is 0 Å². The summed E-state index contributed by atoms with van der Waals surface area (Å²) in [7, 11) is 0. The Morgan fingerprint density at radius 2 is 2.11 bits per heavy atom. The quantitative estimate of drug-likeness (QED) is 0.748. The second-order valence-electron chi connectivity index (χ2n) is 4.90. The van der Waals surface area contributed by atoms with Crippen LogP contribution in [-0.2, 0) is 4.79 Å². The zero-order valence-electron chi connectivity index (χ0n) is 10.8. The molecule has 0 bridgehead atoms. The molecule has 0 saturated carbocycles. The Hall–Kier alpha value is -1.86. The smallest absolute Gasteiger partial charge is 0.229 e. The van der Waals surface area contributed by atoms with Gasteiger partial charge in [0.15, 0.2) is 0 Å². The normalized spacial score (nSPS) is 10.5. The molecule has 4 heteroatoms. The number of hydrogen-bond acceptors (Lipinski definition) is 2. The van der Waals surface area contributed by atoms with Crippen LogP contribution in [0.15, 0.2) is 18.2 Å². The third-order valence-corrected chi connectivity index (χ3v) is 2.23. The van der Waals surface area contributed by atoms with Gasteiger partial charge in [-0.15, -0.1) is 0 Å². The van der Waals surface area contributed by atoms with E-state index in [2.05, 4.69) is 17.2 Å². The molecule has 96 valence electrons. The maximum atomic E-state index is 13.6. The van der Waals surface area contributed by atoms with E-state index in [1.54, 1.807) is 26.8 Å². The van der Waals surface area contributed by atoms with Gasteiger partial charge in [-0.05, 0) is 18.2 Å². The van der Waals surface area contributed by atoms with Crippen molar-refractivity contribution in [1.82, 2.24) is 0 Å². The summed E-state index contributed by atoms with van der Waals surface area (Å²) in [6, 6.07) is 4.40. The number of halogens is 1. The summed E-state index contributed by atoms with van der Waals surface area (Å²) in [4.78, 5) is 11.7. The van der Waals surface area contributed by atoms with E-state index in [9.17, 15) is 9.18 Å². The number of nitrogens with two attached hydrogens (primary N) is 1. The molecule has 0 atom stereocenters. The summed E-state index contributed by atoms with van der Waals surface area (Å²) in [5, 5.41) is 2.65. The van der Waals surface area contributed by atoms with Gasteiger partial charge in [0.25, 0.3) is 0 Å². The maximum absolute atomic E-state index is 13.6. The minimum Gasteiger partial charge on any atom is -0.326 e. The van der Waals surface area contributed by atoms with E-state index < -0.39 is 11.2 Å². The lowest BCUT2D eigenvalue weighted by atomic mass is 9.95. The van der Waals surface area contributed by atoms with Crippen LogP contribution in [0.4, 0.5) is 10.1 Å². The molecule has 0 spiro atoms. The molecular weight excluding hydrogens is 231 g/mol. The van der Waals surface area contributed by atoms with Crippen LogP contribution in [-0.4, -0.2) is 12.5 Å². The van der Waals surface area contributed by atoms with Crippen LogP contribution in [0.25, 0.3) is 0 Å². The third-order valence-electron chi connectivity index (χ3n) is 2.23. The first kappa shape index (κ1) is 14.2. The van der Waals surface area contributed by atoms with Crippen LogP contribution >= 0.6 is 0 Å². The van der Waals surface area contributed by atoms with Crippen LogP contribution in [0.5, 0.6) is 0 Å². The first-order chi connectivity index (χ1) is 8.34. The number of benzene rings is 1. The van der Waals surface area contributed by atoms with Gasteiger partial charge < -0.3 is 11.1 Å². The Morgan fingerprint density at radius 3 is 2.61 bits per heavy atom. The molecule has 0 heterocycles. The van der Waals surface area contributed by atoms with Crippen molar-refractivity contribution >= 4 is 11.6 Å². The SMILES string of the molecule is CC(C)(C)C(=O)Nc1ccc(C#CCN)c(F)c1. The van der Waals surface area contributed by atoms with Crippen LogP contribution in [0.2, 0.25) is 0 Å². The zero-order valence-corrected chi connectivity index (χ0v) is 10.8. The summed E-state index contributed by atoms with van der Waals surface area (Å²) < 4.78 is 13.6. The fraction of sp³-hybridized carbons (Fsp3) is 0.357. The molecule has 0 fully saturated rings. The molecule has 0 aromatic heterocycles. The summed E-state index contributed by atoms with van der Waals surface area (Å²) in [6.07, 6.45) is 0. The lowest BCUT2D eigenvalue weighted by molar-refractivity contribution is -0.123. The highest BCUT2D eigenvalue weighted by molar-refractivity contribution is 5.94. The second kappa shape index (κ2) is 5.65. The molecule has 3 N–H and O–H groups in total. The number of amides is 1. The number of carbonyl (C=O) groups is 1. The van der Waals surface area contributed by atoms with Crippen molar-refractivity contribution in [3.05, 3.63) is 29.6 Å². The summed E-state index contributed by atoms with van der Waals surface area (Å²) in [5.74, 6) is 4.57. The number of anilines is 1. The van der Waals surface area contributed by atoms with E-state index in [0.717, 1.165) is 0 Å². The molecule has 18 heavy (non-hydrogen) atoms. The molecule has 0 unspecified atom stereocenters. The lowest BCUT2D eigenvalue weighted by Crippen LogP contribution is -2.27. The standard InChI is InChI=1S/C14H17FN2O/c1-14(2,3)13(18)17-11-7-6-10(5-4-8-16)12(15)9-11/h6-7,9H,8,16H2,1-3H3,(H,17,18). The Labute approximate surface area is 107 Å². The maximum Gasteiger partial charge on any atom is 0.229 e. The monoisotopic (exact) mass is 248 g/mol. The largest absolute Gasteiger partial charge is 0.326 e. The van der Waals surface area contributed by atoms with Gasteiger partial charge in [-0.25, -0.2) is 4.39 Å². The van der Waals surface area contributed by atoms with Gasteiger partial charge in [0.1, 0.15) is 5.82 Å². The number of rotatable bonds is 1. The average Bonchev–Trinajstić information content (AvgIpc) is 2.26. The molecule has 0 radical (unpaired) electrons. The van der Waals surface area contributed by atoms with Gasteiger partial charge >= 0.3 is 0 Å². The fourth-order valence-electron chi connectivity index (χ4n) is 1.16. The van der Waals surface area contributed by atoms with E-state index in [4.69, 9.17) is 5.73 Å². The molecule has 3 nitrogen and oxygen atoms in total. The van der Waals surface area contributed by atoms with Crippen LogP contribution in [0, 0.1) is 23.1 Å². The van der Waals surface area contributed by atoms with Gasteiger partial charge in [0.05, 0.1) is 12.1 Å². The van der Waals surface area contributed by atoms with Gasteiger partial charge in [-0.2, -0.15) is 0 Å². The second-order valence-corrected chi connectivity index (χ2v) is 4.90. The molecule has 0 saturated heterocycles. The molecule has 1 aromatic carbocycles. The highest BCUT2D eigenvalue weighted by atomic mass is 19.1. The Bertz CT molecular complexity index is 507. The van der Waals surface area contributed by atoms with E-state index in [1.165, 1.54) is 12.1 Å².